The largest absolute Gasteiger partial charge is 0.495 e. The molecule has 0 unspecified atom stereocenters. The Hall–Kier alpha value is -1.88. The molecule has 0 aliphatic carbocycles. The molecule has 0 radical (unpaired) electrons. The van der Waals surface area contributed by atoms with E-state index in [9.17, 15) is 4.79 Å². The summed E-state index contributed by atoms with van der Waals surface area (Å²) in [4.78, 5) is 11.9. The number of allylic oxidation sites excluding steroid dienone is 1. The molecule has 6 heteroatoms. The van der Waals surface area contributed by atoms with Crippen molar-refractivity contribution in [2.24, 2.45) is 5.92 Å². The minimum Gasteiger partial charge on any atom is -0.495 e. The summed E-state index contributed by atoms with van der Waals surface area (Å²) < 4.78 is 10.3. The molecule has 0 aromatic heterocycles. The predicted molar refractivity (Wildman–Crippen MR) is 85.3 cm³/mol. The fraction of sp³-hybridized carbons (Fsp3) is 0.400. The summed E-state index contributed by atoms with van der Waals surface area (Å²) >= 11 is 6.01. The average Bonchev–Trinajstić information content (AvgIpc) is 2.45. The Balaban J connectivity index is 2.87. The fourth-order valence-electron chi connectivity index (χ4n) is 1.46. The van der Waals surface area contributed by atoms with Gasteiger partial charge in [0.15, 0.2) is 0 Å². The van der Waals surface area contributed by atoms with Crippen LogP contribution in [-0.4, -0.2) is 20.3 Å². The summed E-state index contributed by atoms with van der Waals surface area (Å²) in [6.45, 7) is 6.06. The summed E-state index contributed by atoms with van der Waals surface area (Å²) in [6, 6.07) is 2.84. The normalized spacial score (nSPS) is 11.3. The molecule has 0 saturated heterocycles. The Morgan fingerprint density at radius 1 is 1.24 bits per heavy atom. The van der Waals surface area contributed by atoms with Crippen LogP contribution in [0.3, 0.4) is 0 Å². The molecule has 0 fully saturated rings. The van der Waals surface area contributed by atoms with E-state index in [1.165, 1.54) is 14.2 Å². The lowest BCUT2D eigenvalue weighted by molar-refractivity contribution is 0.255. The van der Waals surface area contributed by atoms with Crippen molar-refractivity contribution in [2.45, 2.75) is 20.8 Å². The van der Waals surface area contributed by atoms with Gasteiger partial charge in [-0.05, 0) is 12.8 Å². The molecular formula is C15H21ClN2O3. The van der Waals surface area contributed by atoms with Crippen molar-refractivity contribution in [1.82, 2.24) is 5.32 Å². The van der Waals surface area contributed by atoms with Crippen LogP contribution < -0.4 is 20.1 Å². The quantitative estimate of drug-likeness (QED) is 0.862. The first kappa shape index (κ1) is 17.2. The second-order valence-corrected chi connectivity index (χ2v) is 5.24. The molecular weight excluding hydrogens is 292 g/mol. The number of anilines is 1. The zero-order valence-corrected chi connectivity index (χ0v) is 13.7. The Morgan fingerprint density at radius 3 is 2.38 bits per heavy atom. The SMILES string of the molecule is COc1cc(NC(=O)N/C=C(\C)C(C)C)c(OC)cc1Cl. The molecule has 0 heterocycles. The van der Waals surface area contributed by atoms with Gasteiger partial charge in [0.25, 0.3) is 0 Å². The van der Waals surface area contributed by atoms with Gasteiger partial charge in [-0.3, -0.25) is 0 Å². The molecule has 21 heavy (non-hydrogen) atoms. The minimum atomic E-state index is -0.363. The van der Waals surface area contributed by atoms with Gasteiger partial charge in [0.2, 0.25) is 0 Å². The third-order valence-electron chi connectivity index (χ3n) is 3.06. The maximum atomic E-state index is 11.9. The van der Waals surface area contributed by atoms with Crippen molar-refractivity contribution in [3.05, 3.63) is 28.9 Å². The van der Waals surface area contributed by atoms with Gasteiger partial charge in [-0.1, -0.05) is 31.0 Å². The molecule has 0 spiro atoms. The van der Waals surface area contributed by atoms with E-state index in [2.05, 4.69) is 24.5 Å². The maximum Gasteiger partial charge on any atom is 0.323 e. The van der Waals surface area contributed by atoms with E-state index in [4.69, 9.17) is 21.1 Å². The number of benzene rings is 1. The van der Waals surface area contributed by atoms with Crippen LogP contribution in [0.15, 0.2) is 23.9 Å². The monoisotopic (exact) mass is 312 g/mol. The number of amides is 2. The van der Waals surface area contributed by atoms with Gasteiger partial charge in [-0.15, -0.1) is 0 Å². The van der Waals surface area contributed by atoms with E-state index in [-0.39, 0.29) is 6.03 Å². The second-order valence-electron chi connectivity index (χ2n) is 4.83. The van der Waals surface area contributed by atoms with Gasteiger partial charge in [0.1, 0.15) is 11.5 Å². The summed E-state index contributed by atoms with van der Waals surface area (Å²) in [6.07, 6.45) is 1.68. The van der Waals surface area contributed by atoms with Crippen LogP contribution in [0.1, 0.15) is 20.8 Å². The van der Waals surface area contributed by atoms with Crippen LogP contribution >= 0.6 is 11.6 Å². The third kappa shape index (κ3) is 4.86. The van der Waals surface area contributed by atoms with Crippen LogP contribution in [0.5, 0.6) is 11.5 Å². The van der Waals surface area contributed by atoms with Gasteiger partial charge in [-0.25, -0.2) is 4.79 Å². The lowest BCUT2D eigenvalue weighted by Crippen LogP contribution is -2.24. The molecule has 1 aromatic rings. The molecule has 5 nitrogen and oxygen atoms in total. The van der Waals surface area contributed by atoms with Crippen LogP contribution in [0.4, 0.5) is 10.5 Å². The first-order chi connectivity index (χ1) is 9.88. The number of carbonyl (C=O) groups is 1. The highest BCUT2D eigenvalue weighted by Gasteiger charge is 2.12. The molecule has 1 rings (SSSR count). The standard InChI is InChI=1S/C15H21ClN2O3/c1-9(2)10(3)8-17-15(19)18-12-7-13(20-4)11(16)6-14(12)21-5/h6-9H,1-5H3,(H2,17,18,19)/b10-8+. The van der Waals surface area contributed by atoms with Crippen LogP contribution in [0, 0.1) is 5.92 Å². The minimum absolute atomic E-state index is 0.363. The zero-order valence-electron chi connectivity index (χ0n) is 12.9. The Bertz CT molecular complexity index is 542. The summed E-state index contributed by atoms with van der Waals surface area (Å²) in [5.74, 6) is 1.29. The molecule has 2 amide bonds. The summed E-state index contributed by atoms with van der Waals surface area (Å²) in [5, 5.41) is 5.79. The van der Waals surface area contributed by atoms with Crippen molar-refractivity contribution in [3.8, 4) is 11.5 Å². The number of hydrogen-bond donors (Lipinski definition) is 2. The van der Waals surface area contributed by atoms with Crippen molar-refractivity contribution in [2.75, 3.05) is 19.5 Å². The number of ether oxygens (including phenoxy) is 2. The maximum absolute atomic E-state index is 11.9. The molecule has 0 saturated carbocycles. The third-order valence-corrected chi connectivity index (χ3v) is 3.36. The van der Waals surface area contributed by atoms with Gasteiger partial charge >= 0.3 is 6.03 Å². The van der Waals surface area contributed by atoms with E-state index in [1.807, 2.05) is 6.92 Å². The molecule has 0 atom stereocenters. The molecule has 0 bridgehead atoms. The van der Waals surface area contributed by atoms with E-state index in [1.54, 1.807) is 18.3 Å². The Labute approximate surface area is 130 Å². The first-order valence-electron chi connectivity index (χ1n) is 6.54. The van der Waals surface area contributed by atoms with Crippen molar-refractivity contribution in [3.63, 3.8) is 0 Å². The Morgan fingerprint density at radius 2 is 1.86 bits per heavy atom. The smallest absolute Gasteiger partial charge is 0.323 e. The van der Waals surface area contributed by atoms with Crippen LogP contribution in [0.2, 0.25) is 5.02 Å². The molecule has 0 aliphatic rings. The first-order valence-corrected chi connectivity index (χ1v) is 6.92. The molecule has 0 aliphatic heterocycles. The van der Waals surface area contributed by atoms with Crippen LogP contribution in [-0.2, 0) is 0 Å². The van der Waals surface area contributed by atoms with E-state index >= 15 is 0 Å². The summed E-state index contributed by atoms with van der Waals surface area (Å²) in [5.41, 5.74) is 1.55. The van der Waals surface area contributed by atoms with E-state index in [0.717, 1.165) is 5.57 Å². The number of hydrogen-bond acceptors (Lipinski definition) is 3. The predicted octanol–water partition coefficient (Wildman–Crippen LogP) is 4.04. The highest BCUT2D eigenvalue weighted by atomic mass is 35.5. The van der Waals surface area contributed by atoms with Crippen molar-refractivity contribution in [1.29, 1.82) is 0 Å². The summed E-state index contributed by atoms with van der Waals surface area (Å²) in [7, 11) is 3.01. The number of rotatable bonds is 5. The highest BCUT2D eigenvalue weighted by molar-refractivity contribution is 6.32. The van der Waals surface area contributed by atoms with E-state index < -0.39 is 0 Å². The lowest BCUT2D eigenvalue weighted by atomic mass is 10.1. The van der Waals surface area contributed by atoms with E-state index in [0.29, 0.717) is 28.1 Å². The van der Waals surface area contributed by atoms with Crippen molar-refractivity contribution >= 4 is 23.3 Å². The molecule has 2 N–H and O–H groups in total. The zero-order chi connectivity index (χ0) is 16.0. The van der Waals surface area contributed by atoms with Crippen LogP contribution in [0.25, 0.3) is 0 Å². The number of carbonyl (C=O) groups excluding carboxylic acids is 1. The number of nitrogens with one attached hydrogen (secondary N) is 2. The number of methoxy groups -OCH3 is 2. The van der Waals surface area contributed by atoms with Gasteiger partial charge < -0.3 is 20.1 Å². The number of halogens is 1. The molecule has 116 valence electrons. The topological polar surface area (TPSA) is 59.6 Å². The van der Waals surface area contributed by atoms with Gasteiger partial charge in [0, 0.05) is 18.3 Å². The highest BCUT2D eigenvalue weighted by Crippen LogP contribution is 2.35. The van der Waals surface area contributed by atoms with Gasteiger partial charge in [-0.2, -0.15) is 0 Å². The average molecular weight is 313 g/mol. The Kier molecular flexibility index (Phi) is 6.37. The fourth-order valence-corrected chi connectivity index (χ4v) is 1.69. The molecule has 1 aromatic carbocycles. The van der Waals surface area contributed by atoms with Gasteiger partial charge in [0.05, 0.1) is 24.9 Å². The second kappa shape index (κ2) is 7.78. The number of urea groups is 1. The van der Waals surface area contributed by atoms with Crippen molar-refractivity contribution < 1.29 is 14.3 Å². The lowest BCUT2D eigenvalue weighted by Gasteiger charge is -2.13.